The van der Waals surface area contributed by atoms with Gasteiger partial charge in [-0.15, -0.1) is 0 Å². The lowest BCUT2D eigenvalue weighted by Gasteiger charge is -1.98. The van der Waals surface area contributed by atoms with E-state index < -0.39 is 5.97 Å². The summed E-state index contributed by atoms with van der Waals surface area (Å²) in [4.78, 5) is 22.3. The molecule has 0 spiro atoms. The summed E-state index contributed by atoms with van der Waals surface area (Å²) in [6.45, 7) is 0. The number of nitrogens with zero attached hydrogens (tertiary/aromatic N) is 3. The third-order valence-electron chi connectivity index (χ3n) is 1.84. The molecule has 0 bridgehead atoms. The molecule has 0 aliphatic heterocycles. The van der Waals surface area contributed by atoms with Gasteiger partial charge in [-0.1, -0.05) is 0 Å². The summed E-state index contributed by atoms with van der Waals surface area (Å²) in [5.74, 6) is -0.543. The Morgan fingerprint density at radius 1 is 1.13 bits per heavy atom. The molecule has 0 atom stereocenters. The minimum atomic E-state index is -1.03. The SMILES string of the molecule is O=C(O)c1cnc(-c2ccncc2)nc1. The molecule has 0 unspecified atom stereocenters. The maximum atomic E-state index is 10.6. The Labute approximate surface area is 85.5 Å². The highest BCUT2D eigenvalue weighted by Gasteiger charge is 2.05. The molecule has 0 aliphatic rings. The zero-order chi connectivity index (χ0) is 10.7. The highest BCUT2D eigenvalue weighted by atomic mass is 16.4. The number of hydrogen-bond donors (Lipinski definition) is 1. The smallest absolute Gasteiger partial charge is 0.338 e. The molecule has 2 heterocycles. The molecular weight excluding hydrogens is 194 g/mol. The van der Waals surface area contributed by atoms with Gasteiger partial charge < -0.3 is 5.11 Å². The Balaban J connectivity index is 2.36. The Hall–Kier alpha value is -2.30. The quantitative estimate of drug-likeness (QED) is 0.790. The van der Waals surface area contributed by atoms with Crippen LogP contribution in [-0.4, -0.2) is 26.0 Å². The maximum absolute atomic E-state index is 10.6. The summed E-state index contributed by atoms with van der Waals surface area (Å²) < 4.78 is 0. The van der Waals surface area contributed by atoms with Gasteiger partial charge in [0.25, 0.3) is 0 Å². The van der Waals surface area contributed by atoms with Crippen molar-refractivity contribution in [2.45, 2.75) is 0 Å². The Morgan fingerprint density at radius 2 is 1.73 bits per heavy atom. The normalized spacial score (nSPS) is 9.87. The lowest BCUT2D eigenvalue weighted by atomic mass is 10.2. The molecule has 5 heteroatoms. The standard InChI is InChI=1S/C10H7N3O2/c14-10(15)8-5-12-9(13-6-8)7-1-3-11-4-2-7/h1-6H,(H,14,15). The van der Waals surface area contributed by atoms with Gasteiger partial charge >= 0.3 is 5.97 Å². The van der Waals surface area contributed by atoms with Crippen molar-refractivity contribution in [3.05, 3.63) is 42.5 Å². The van der Waals surface area contributed by atoms with Crippen molar-refractivity contribution in [3.63, 3.8) is 0 Å². The molecule has 5 nitrogen and oxygen atoms in total. The fraction of sp³-hybridized carbons (Fsp3) is 0. The van der Waals surface area contributed by atoms with Crippen LogP contribution >= 0.6 is 0 Å². The zero-order valence-corrected chi connectivity index (χ0v) is 7.66. The van der Waals surface area contributed by atoms with Gasteiger partial charge in [0.2, 0.25) is 0 Å². The molecule has 2 rings (SSSR count). The summed E-state index contributed by atoms with van der Waals surface area (Å²) in [6, 6.07) is 3.52. The number of pyridine rings is 1. The van der Waals surface area contributed by atoms with Crippen LogP contribution in [0.5, 0.6) is 0 Å². The number of aromatic carboxylic acids is 1. The predicted octanol–water partition coefficient (Wildman–Crippen LogP) is 1.24. The summed E-state index contributed by atoms with van der Waals surface area (Å²) in [6.07, 6.45) is 5.82. The summed E-state index contributed by atoms with van der Waals surface area (Å²) >= 11 is 0. The molecular formula is C10H7N3O2. The fourth-order valence-electron chi connectivity index (χ4n) is 1.09. The molecule has 0 aliphatic carbocycles. The third-order valence-corrected chi connectivity index (χ3v) is 1.84. The van der Waals surface area contributed by atoms with Crippen LogP contribution in [0.2, 0.25) is 0 Å². The van der Waals surface area contributed by atoms with E-state index in [9.17, 15) is 4.79 Å². The van der Waals surface area contributed by atoms with Crippen LogP contribution < -0.4 is 0 Å². The Morgan fingerprint density at radius 3 is 2.27 bits per heavy atom. The van der Waals surface area contributed by atoms with Gasteiger partial charge in [-0.05, 0) is 12.1 Å². The zero-order valence-electron chi connectivity index (χ0n) is 7.66. The first-order chi connectivity index (χ1) is 7.27. The van der Waals surface area contributed by atoms with E-state index in [-0.39, 0.29) is 5.56 Å². The third kappa shape index (κ3) is 1.96. The summed E-state index contributed by atoms with van der Waals surface area (Å²) in [5.41, 5.74) is 0.884. The van der Waals surface area contributed by atoms with Gasteiger partial charge in [-0.3, -0.25) is 4.98 Å². The highest BCUT2D eigenvalue weighted by molar-refractivity contribution is 5.86. The van der Waals surface area contributed by atoms with Gasteiger partial charge in [0.1, 0.15) is 0 Å². The number of aromatic nitrogens is 3. The van der Waals surface area contributed by atoms with Gasteiger partial charge in [-0.25, -0.2) is 14.8 Å². The van der Waals surface area contributed by atoms with E-state index in [0.717, 1.165) is 5.56 Å². The van der Waals surface area contributed by atoms with Gasteiger partial charge in [0.15, 0.2) is 5.82 Å². The van der Waals surface area contributed by atoms with E-state index in [1.54, 1.807) is 24.5 Å². The number of hydrogen-bond acceptors (Lipinski definition) is 4. The largest absolute Gasteiger partial charge is 0.478 e. The number of rotatable bonds is 2. The van der Waals surface area contributed by atoms with Gasteiger partial charge in [-0.2, -0.15) is 0 Å². The molecule has 0 radical (unpaired) electrons. The van der Waals surface area contributed by atoms with Crippen molar-refractivity contribution in [3.8, 4) is 11.4 Å². The molecule has 74 valence electrons. The summed E-state index contributed by atoms with van der Waals surface area (Å²) in [5, 5.41) is 8.66. The van der Waals surface area contributed by atoms with Gasteiger partial charge in [0.05, 0.1) is 5.56 Å². The number of carboxylic acids is 1. The first-order valence-electron chi connectivity index (χ1n) is 4.23. The van der Waals surface area contributed by atoms with E-state index in [1.165, 1.54) is 12.4 Å². The lowest BCUT2D eigenvalue weighted by Crippen LogP contribution is -1.99. The molecule has 2 aromatic heterocycles. The fourth-order valence-corrected chi connectivity index (χ4v) is 1.09. The highest BCUT2D eigenvalue weighted by Crippen LogP contribution is 2.11. The Kier molecular flexibility index (Phi) is 2.37. The van der Waals surface area contributed by atoms with Crippen molar-refractivity contribution < 1.29 is 9.90 Å². The minimum absolute atomic E-state index is 0.0767. The van der Waals surface area contributed by atoms with Crippen LogP contribution in [0.3, 0.4) is 0 Å². The van der Waals surface area contributed by atoms with Crippen LogP contribution in [0, 0.1) is 0 Å². The van der Waals surface area contributed by atoms with Crippen molar-refractivity contribution in [1.29, 1.82) is 0 Å². The van der Waals surface area contributed by atoms with Crippen LogP contribution in [0.15, 0.2) is 36.9 Å². The molecule has 0 saturated carbocycles. The van der Waals surface area contributed by atoms with E-state index in [0.29, 0.717) is 5.82 Å². The van der Waals surface area contributed by atoms with Crippen molar-refractivity contribution in [1.82, 2.24) is 15.0 Å². The average molecular weight is 201 g/mol. The van der Waals surface area contributed by atoms with Crippen molar-refractivity contribution in [2.75, 3.05) is 0 Å². The second kappa shape index (κ2) is 3.83. The molecule has 0 fully saturated rings. The molecule has 1 N–H and O–H groups in total. The van der Waals surface area contributed by atoms with E-state index in [1.807, 2.05) is 0 Å². The van der Waals surface area contributed by atoms with E-state index in [4.69, 9.17) is 5.11 Å². The molecule has 0 aromatic carbocycles. The average Bonchev–Trinajstić information content (AvgIpc) is 2.30. The van der Waals surface area contributed by atoms with Crippen molar-refractivity contribution >= 4 is 5.97 Å². The first-order valence-corrected chi connectivity index (χ1v) is 4.23. The molecule has 0 amide bonds. The van der Waals surface area contributed by atoms with E-state index in [2.05, 4.69) is 15.0 Å². The van der Waals surface area contributed by atoms with Gasteiger partial charge in [0, 0.05) is 30.4 Å². The number of carbonyl (C=O) groups is 1. The van der Waals surface area contributed by atoms with Crippen molar-refractivity contribution in [2.24, 2.45) is 0 Å². The Bertz CT molecular complexity index is 468. The second-order valence-corrected chi connectivity index (χ2v) is 2.84. The molecule has 0 saturated heterocycles. The topological polar surface area (TPSA) is 76.0 Å². The summed E-state index contributed by atoms with van der Waals surface area (Å²) in [7, 11) is 0. The van der Waals surface area contributed by atoms with Crippen LogP contribution in [-0.2, 0) is 0 Å². The molecule has 2 aromatic rings. The van der Waals surface area contributed by atoms with Crippen LogP contribution in [0.25, 0.3) is 11.4 Å². The van der Waals surface area contributed by atoms with Crippen LogP contribution in [0.1, 0.15) is 10.4 Å². The maximum Gasteiger partial charge on any atom is 0.338 e. The van der Waals surface area contributed by atoms with Crippen LogP contribution in [0.4, 0.5) is 0 Å². The number of carboxylic acid groups (broad SMARTS) is 1. The molecule has 15 heavy (non-hydrogen) atoms. The monoisotopic (exact) mass is 201 g/mol. The lowest BCUT2D eigenvalue weighted by molar-refractivity contribution is 0.0696. The first kappa shape index (κ1) is 9.26. The minimum Gasteiger partial charge on any atom is -0.478 e. The predicted molar refractivity (Wildman–Crippen MR) is 52.2 cm³/mol. The second-order valence-electron chi connectivity index (χ2n) is 2.84. The van der Waals surface area contributed by atoms with E-state index >= 15 is 0 Å².